The maximum Gasteiger partial charge on any atom is 0.166 e. The number of nitrogen functional groups attached to an aromatic ring is 1. The molecule has 0 saturated heterocycles. The van der Waals surface area contributed by atoms with Gasteiger partial charge in [0.15, 0.2) is 22.8 Å². The van der Waals surface area contributed by atoms with E-state index in [4.69, 9.17) is 5.73 Å². The second-order valence-corrected chi connectivity index (χ2v) is 7.33. The topological polar surface area (TPSA) is 89.9 Å². The molecule has 3 N–H and O–H groups in total. The van der Waals surface area contributed by atoms with Crippen molar-refractivity contribution in [3.8, 4) is 11.4 Å². The number of hydrogen-bond donors (Lipinski definition) is 2. The molecule has 29 heavy (non-hydrogen) atoms. The first-order chi connectivity index (χ1) is 13.5. The summed E-state index contributed by atoms with van der Waals surface area (Å²) in [6.07, 6.45) is 8.20. The van der Waals surface area contributed by atoms with Gasteiger partial charge < -0.3 is 15.4 Å². The molecular weight excluding hydrogens is 393 g/mol. The van der Waals surface area contributed by atoms with E-state index in [2.05, 4.69) is 15.0 Å². The van der Waals surface area contributed by atoms with Crippen molar-refractivity contribution >= 4 is 35.5 Å². The van der Waals surface area contributed by atoms with Gasteiger partial charge in [0.05, 0.1) is 5.60 Å². The first-order valence-corrected chi connectivity index (χ1v) is 9.70. The molecule has 2 aromatic heterocycles. The lowest BCUT2D eigenvalue weighted by Gasteiger charge is -2.28. The van der Waals surface area contributed by atoms with Gasteiger partial charge in [-0.05, 0) is 44.1 Å². The van der Waals surface area contributed by atoms with Gasteiger partial charge in [0.2, 0.25) is 0 Å². The van der Waals surface area contributed by atoms with Crippen LogP contribution in [-0.2, 0) is 6.54 Å². The Morgan fingerprint density at radius 3 is 2.66 bits per heavy atom. The van der Waals surface area contributed by atoms with E-state index in [1.54, 1.807) is 24.3 Å². The maximum absolute atomic E-state index is 13.7. The number of hydrogen-bond acceptors (Lipinski definition) is 5. The lowest BCUT2D eigenvalue weighted by Crippen LogP contribution is -2.28. The van der Waals surface area contributed by atoms with Crippen LogP contribution in [0.3, 0.4) is 0 Å². The first-order valence-electron chi connectivity index (χ1n) is 9.70. The molecule has 1 saturated carbocycles. The smallest absolute Gasteiger partial charge is 0.166 e. The summed E-state index contributed by atoms with van der Waals surface area (Å²) in [6, 6.07) is 6.30. The molecule has 0 spiro atoms. The minimum absolute atomic E-state index is 0. The molecule has 0 radical (unpaired) electrons. The molecule has 1 fully saturated rings. The summed E-state index contributed by atoms with van der Waals surface area (Å²) in [7, 11) is 0. The highest BCUT2D eigenvalue weighted by Crippen LogP contribution is 2.30. The molecule has 0 amide bonds. The molecule has 2 heterocycles. The largest absolute Gasteiger partial charge is 0.386 e. The van der Waals surface area contributed by atoms with E-state index in [1.165, 1.54) is 12.1 Å². The minimum atomic E-state index is -0.803. The van der Waals surface area contributed by atoms with Gasteiger partial charge in [-0.15, -0.1) is 12.4 Å². The fraction of sp³-hybridized carbons (Fsp3) is 0.381. The molecule has 3 aromatic rings. The van der Waals surface area contributed by atoms with E-state index < -0.39 is 5.60 Å². The van der Waals surface area contributed by atoms with Crippen molar-refractivity contribution in [3.63, 3.8) is 0 Å². The van der Waals surface area contributed by atoms with Gasteiger partial charge in [-0.3, -0.25) is 0 Å². The van der Waals surface area contributed by atoms with Crippen molar-refractivity contribution in [2.75, 3.05) is 5.73 Å². The number of nitrogens with two attached hydrogens (primary N) is 1. The summed E-state index contributed by atoms with van der Waals surface area (Å²) in [4.78, 5) is 13.5. The van der Waals surface area contributed by atoms with Crippen LogP contribution in [-0.4, -0.2) is 30.2 Å². The molecule has 0 unspecified atom stereocenters. The third-order valence-electron chi connectivity index (χ3n) is 5.30. The van der Waals surface area contributed by atoms with Crippen LogP contribution in [0.25, 0.3) is 28.6 Å². The fourth-order valence-electron chi connectivity index (χ4n) is 3.82. The van der Waals surface area contributed by atoms with Crippen LogP contribution in [0.15, 0.2) is 30.3 Å². The third kappa shape index (κ3) is 4.26. The van der Waals surface area contributed by atoms with Crippen LogP contribution in [0.4, 0.5) is 10.2 Å². The summed E-state index contributed by atoms with van der Waals surface area (Å²) < 4.78 is 15.6. The Kier molecular flexibility index (Phi) is 6.19. The Morgan fingerprint density at radius 1 is 1.21 bits per heavy atom. The van der Waals surface area contributed by atoms with Crippen molar-refractivity contribution in [2.45, 2.75) is 51.2 Å². The van der Waals surface area contributed by atoms with E-state index in [9.17, 15) is 9.50 Å². The molecule has 1 aliphatic carbocycles. The van der Waals surface area contributed by atoms with Gasteiger partial charge in [-0.1, -0.05) is 31.4 Å². The number of aryl methyl sites for hydroxylation is 1. The van der Waals surface area contributed by atoms with Crippen molar-refractivity contribution in [3.05, 3.63) is 42.0 Å². The number of nitrogens with zero attached hydrogens (tertiary/aromatic N) is 4. The second kappa shape index (κ2) is 8.47. The summed E-state index contributed by atoms with van der Waals surface area (Å²) in [6.45, 7) is 2.58. The lowest BCUT2D eigenvalue weighted by atomic mass is 9.84. The van der Waals surface area contributed by atoms with Gasteiger partial charge in [0, 0.05) is 12.1 Å². The standard InChI is InChI=1S/C21H24FN5O.ClH/c1-2-27-19(14-7-6-8-15(22)13-14)26-17-18(23)24-16(25-20(17)27)9-12-21(28)10-4-3-5-11-21;/h6-9,12-13,28H,2-5,10-11H2,1H3,(H2,23,24,25);1H. The number of benzene rings is 1. The quantitative estimate of drug-likeness (QED) is 0.658. The average molecular weight is 418 g/mol. The molecule has 1 aromatic carbocycles. The number of rotatable bonds is 4. The Morgan fingerprint density at radius 2 is 1.97 bits per heavy atom. The molecule has 8 heteroatoms. The Labute approximate surface area is 175 Å². The van der Waals surface area contributed by atoms with Gasteiger partial charge in [-0.25, -0.2) is 19.3 Å². The molecule has 0 atom stereocenters. The molecule has 0 aliphatic heterocycles. The van der Waals surface area contributed by atoms with Crippen LogP contribution in [0.1, 0.15) is 44.9 Å². The number of aliphatic hydroxyl groups is 1. The summed E-state index contributed by atoms with van der Waals surface area (Å²) in [5.74, 6) is 0.982. The maximum atomic E-state index is 13.7. The zero-order chi connectivity index (χ0) is 19.7. The van der Waals surface area contributed by atoms with Gasteiger partial charge in [0.25, 0.3) is 0 Å². The third-order valence-corrected chi connectivity index (χ3v) is 5.30. The van der Waals surface area contributed by atoms with Crippen molar-refractivity contribution in [1.29, 1.82) is 0 Å². The molecular formula is C21H25ClFN5O. The van der Waals surface area contributed by atoms with E-state index in [1.807, 2.05) is 11.5 Å². The molecule has 0 bridgehead atoms. The SMILES string of the molecule is CCn1c(-c2cccc(F)c2)nc2c(N)nc(C=CC3(O)CCCCC3)nc21.Cl. The number of imidazole rings is 1. The minimum Gasteiger partial charge on any atom is -0.386 e. The molecule has 6 nitrogen and oxygen atoms in total. The second-order valence-electron chi connectivity index (χ2n) is 7.33. The first kappa shape index (κ1) is 21.2. The molecule has 1 aliphatic rings. The van der Waals surface area contributed by atoms with Crippen LogP contribution in [0.5, 0.6) is 0 Å². The number of aromatic nitrogens is 4. The van der Waals surface area contributed by atoms with Crippen molar-refractivity contribution in [2.24, 2.45) is 0 Å². The Bertz CT molecular complexity index is 1040. The average Bonchev–Trinajstić information content (AvgIpc) is 3.06. The fourth-order valence-corrected chi connectivity index (χ4v) is 3.82. The Balaban J connectivity index is 0.00000240. The van der Waals surface area contributed by atoms with Gasteiger partial charge in [0.1, 0.15) is 11.6 Å². The van der Waals surface area contributed by atoms with E-state index in [0.29, 0.717) is 34.9 Å². The number of halogens is 2. The highest BCUT2D eigenvalue weighted by Gasteiger charge is 2.26. The highest BCUT2D eigenvalue weighted by molar-refractivity contribution is 5.86. The zero-order valence-electron chi connectivity index (χ0n) is 16.3. The molecule has 154 valence electrons. The Hall–Kier alpha value is -2.51. The van der Waals surface area contributed by atoms with E-state index >= 15 is 0 Å². The van der Waals surface area contributed by atoms with Gasteiger partial charge >= 0.3 is 0 Å². The normalized spacial score (nSPS) is 16.2. The van der Waals surface area contributed by atoms with E-state index in [0.717, 1.165) is 32.1 Å². The lowest BCUT2D eigenvalue weighted by molar-refractivity contribution is 0.0521. The predicted octanol–water partition coefficient (Wildman–Crippen LogP) is 4.36. The predicted molar refractivity (Wildman–Crippen MR) is 115 cm³/mol. The number of fused-ring (bicyclic) bond motifs is 1. The monoisotopic (exact) mass is 417 g/mol. The van der Waals surface area contributed by atoms with Crippen LogP contribution in [0.2, 0.25) is 0 Å². The van der Waals surface area contributed by atoms with Crippen LogP contribution >= 0.6 is 12.4 Å². The van der Waals surface area contributed by atoms with Crippen LogP contribution in [0, 0.1) is 5.82 Å². The van der Waals surface area contributed by atoms with Gasteiger partial charge in [-0.2, -0.15) is 0 Å². The van der Waals surface area contributed by atoms with E-state index in [-0.39, 0.29) is 24.0 Å². The summed E-state index contributed by atoms with van der Waals surface area (Å²) in [5, 5.41) is 10.7. The highest BCUT2D eigenvalue weighted by atomic mass is 35.5. The summed E-state index contributed by atoms with van der Waals surface area (Å²) in [5.41, 5.74) is 7.10. The van der Waals surface area contributed by atoms with Crippen molar-refractivity contribution in [1.82, 2.24) is 19.5 Å². The van der Waals surface area contributed by atoms with Crippen LogP contribution < -0.4 is 5.73 Å². The van der Waals surface area contributed by atoms with Crippen molar-refractivity contribution < 1.29 is 9.50 Å². The zero-order valence-corrected chi connectivity index (χ0v) is 17.1. The summed E-state index contributed by atoms with van der Waals surface area (Å²) >= 11 is 0. The number of anilines is 1. The molecule has 4 rings (SSSR count).